The molecule has 1 aliphatic heterocycles. The quantitative estimate of drug-likeness (QED) is 0.488. The van der Waals surface area contributed by atoms with Gasteiger partial charge in [0.15, 0.2) is 5.82 Å². The molecule has 0 atom stereocenters. The van der Waals surface area contributed by atoms with E-state index in [-0.39, 0.29) is 11.8 Å². The maximum atomic E-state index is 13.0. The molecular weight excluding hydrogens is 414 g/mol. The minimum absolute atomic E-state index is 0.0863. The van der Waals surface area contributed by atoms with Crippen LogP contribution in [0.3, 0.4) is 0 Å². The average molecular weight is 438 g/mol. The molecule has 7 heteroatoms. The Bertz CT molecular complexity index is 1280. The lowest BCUT2D eigenvalue weighted by atomic mass is 10.0. The molecule has 164 valence electrons. The summed E-state index contributed by atoms with van der Waals surface area (Å²) in [7, 11) is 0. The van der Waals surface area contributed by atoms with Crippen molar-refractivity contribution in [2.24, 2.45) is 0 Å². The molecule has 33 heavy (non-hydrogen) atoms. The zero-order chi connectivity index (χ0) is 22.6. The minimum Gasteiger partial charge on any atom is -0.322 e. The Kier molecular flexibility index (Phi) is 5.68. The highest BCUT2D eigenvalue weighted by Gasteiger charge is 2.22. The van der Waals surface area contributed by atoms with Crippen LogP contribution in [-0.4, -0.2) is 33.5 Å². The number of H-pyrrole nitrogens is 1. The lowest BCUT2D eigenvalue weighted by Crippen LogP contribution is -2.36. The molecule has 1 aliphatic rings. The Morgan fingerprint density at radius 2 is 1.85 bits per heavy atom. The first kappa shape index (κ1) is 20.6. The monoisotopic (exact) mass is 437 g/mol. The molecule has 0 saturated heterocycles. The number of anilines is 2. The SMILES string of the molecule is O=C(Nc1ccc(CC(=O)N2CCCc3ccccc32)cc1)c1cccc(-c2ncn[nH]2)c1. The van der Waals surface area contributed by atoms with E-state index in [1.807, 2.05) is 53.4 Å². The van der Waals surface area contributed by atoms with Gasteiger partial charge in [0.2, 0.25) is 5.91 Å². The third-order valence-corrected chi connectivity index (χ3v) is 5.79. The van der Waals surface area contributed by atoms with Gasteiger partial charge >= 0.3 is 0 Å². The van der Waals surface area contributed by atoms with Crippen molar-refractivity contribution in [2.45, 2.75) is 19.3 Å². The second-order valence-electron chi connectivity index (χ2n) is 8.02. The summed E-state index contributed by atoms with van der Waals surface area (Å²) in [6.45, 7) is 0.747. The van der Waals surface area contributed by atoms with E-state index in [4.69, 9.17) is 0 Å². The molecule has 7 nitrogen and oxygen atoms in total. The van der Waals surface area contributed by atoms with Gasteiger partial charge in [-0.2, -0.15) is 5.10 Å². The van der Waals surface area contributed by atoms with Crippen LogP contribution in [0.1, 0.15) is 27.9 Å². The van der Waals surface area contributed by atoms with E-state index in [2.05, 4.69) is 26.6 Å². The molecule has 0 fully saturated rings. The molecule has 5 rings (SSSR count). The number of carbonyl (C=O) groups excluding carboxylic acids is 2. The van der Waals surface area contributed by atoms with Gasteiger partial charge in [0.1, 0.15) is 6.33 Å². The smallest absolute Gasteiger partial charge is 0.255 e. The lowest BCUT2D eigenvalue weighted by molar-refractivity contribution is -0.118. The standard InChI is InChI=1S/C26H23N5O2/c32-24(31-14-4-8-19-5-1-2-9-23(19)31)15-18-10-12-22(13-11-18)29-26(33)21-7-3-6-20(16-21)25-27-17-28-30-25/h1-3,5-7,9-13,16-17H,4,8,14-15H2,(H,29,33)(H,27,28,30). The normalized spacial score (nSPS) is 12.8. The Labute approximate surface area is 191 Å². The Balaban J connectivity index is 1.24. The van der Waals surface area contributed by atoms with Crippen LogP contribution in [0.4, 0.5) is 11.4 Å². The minimum atomic E-state index is -0.217. The van der Waals surface area contributed by atoms with Gasteiger partial charge in [-0.15, -0.1) is 0 Å². The van der Waals surface area contributed by atoms with Crippen molar-refractivity contribution in [3.8, 4) is 11.4 Å². The molecule has 2 heterocycles. The summed E-state index contributed by atoms with van der Waals surface area (Å²) < 4.78 is 0. The number of benzene rings is 3. The predicted molar refractivity (Wildman–Crippen MR) is 127 cm³/mol. The van der Waals surface area contributed by atoms with Crippen molar-refractivity contribution in [3.63, 3.8) is 0 Å². The first-order valence-electron chi connectivity index (χ1n) is 10.9. The van der Waals surface area contributed by atoms with Crippen molar-refractivity contribution < 1.29 is 9.59 Å². The van der Waals surface area contributed by atoms with Gasteiger partial charge in [0, 0.05) is 29.0 Å². The van der Waals surface area contributed by atoms with Gasteiger partial charge in [0.05, 0.1) is 6.42 Å². The molecule has 0 saturated carbocycles. The number of nitrogens with one attached hydrogen (secondary N) is 2. The number of rotatable bonds is 5. The number of carbonyl (C=O) groups is 2. The number of hydrogen-bond acceptors (Lipinski definition) is 4. The van der Waals surface area contributed by atoms with E-state index in [0.29, 0.717) is 23.5 Å². The molecule has 3 aromatic carbocycles. The van der Waals surface area contributed by atoms with Crippen LogP contribution in [0.15, 0.2) is 79.1 Å². The molecule has 0 spiro atoms. The Morgan fingerprint density at radius 1 is 1.00 bits per heavy atom. The predicted octanol–water partition coefficient (Wildman–Crippen LogP) is 4.25. The highest BCUT2D eigenvalue weighted by molar-refractivity contribution is 6.05. The van der Waals surface area contributed by atoms with Crippen molar-refractivity contribution in [3.05, 3.63) is 95.8 Å². The van der Waals surface area contributed by atoms with Crippen LogP contribution in [0.2, 0.25) is 0 Å². The van der Waals surface area contributed by atoms with E-state index in [9.17, 15) is 9.59 Å². The molecule has 0 unspecified atom stereocenters. The van der Waals surface area contributed by atoms with Crippen LogP contribution in [0.5, 0.6) is 0 Å². The fourth-order valence-electron chi connectivity index (χ4n) is 4.12. The van der Waals surface area contributed by atoms with Gasteiger partial charge in [-0.05, 0) is 54.3 Å². The van der Waals surface area contributed by atoms with Crippen molar-refractivity contribution in [1.29, 1.82) is 0 Å². The number of aromatic amines is 1. The van der Waals surface area contributed by atoms with Crippen LogP contribution in [-0.2, 0) is 17.6 Å². The maximum absolute atomic E-state index is 13.0. The van der Waals surface area contributed by atoms with E-state index >= 15 is 0 Å². The molecule has 0 radical (unpaired) electrons. The van der Waals surface area contributed by atoms with E-state index in [1.165, 1.54) is 11.9 Å². The Hall–Kier alpha value is -4.26. The van der Waals surface area contributed by atoms with Crippen molar-refractivity contribution >= 4 is 23.2 Å². The topological polar surface area (TPSA) is 91.0 Å². The van der Waals surface area contributed by atoms with Gasteiger partial charge in [-0.1, -0.05) is 42.5 Å². The number of hydrogen-bond donors (Lipinski definition) is 2. The number of nitrogens with zero attached hydrogens (tertiary/aromatic N) is 3. The summed E-state index contributed by atoms with van der Waals surface area (Å²) in [5, 5.41) is 9.55. The highest BCUT2D eigenvalue weighted by atomic mass is 16.2. The summed E-state index contributed by atoms with van der Waals surface area (Å²) in [6, 6.07) is 22.7. The number of para-hydroxylation sites is 1. The summed E-state index contributed by atoms with van der Waals surface area (Å²) in [4.78, 5) is 31.7. The molecule has 2 amide bonds. The molecule has 0 aliphatic carbocycles. The van der Waals surface area contributed by atoms with E-state index in [0.717, 1.165) is 36.2 Å². The fraction of sp³-hybridized carbons (Fsp3) is 0.154. The van der Waals surface area contributed by atoms with Gasteiger partial charge < -0.3 is 10.2 Å². The van der Waals surface area contributed by atoms with E-state index < -0.39 is 0 Å². The summed E-state index contributed by atoms with van der Waals surface area (Å²) >= 11 is 0. The number of aromatic nitrogens is 3. The molecule has 4 aromatic rings. The molecule has 2 N–H and O–H groups in total. The third kappa shape index (κ3) is 4.52. The van der Waals surface area contributed by atoms with Gasteiger partial charge in [-0.3, -0.25) is 14.7 Å². The van der Waals surface area contributed by atoms with Crippen molar-refractivity contribution in [1.82, 2.24) is 15.2 Å². The first-order valence-corrected chi connectivity index (χ1v) is 10.9. The summed E-state index contributed by atoms with van der Waals surface area (Å²) in [5.41, 5.74) is 5.13. The molecule has 1 aromatic heterocycles. The lowest BCUT2D eigenvalue weighted by Gasteiger charge is -2.29. The van der Waals surface area contributed by atoms with Gasteiger partial charge in [0.25, 0.3) is 5.91 Å². The number of aryl methyl sites for hydroxylation is 1. The van der Waals surface area contributed by atoms with Crippen LogP contribution in [0, 0.1) is 0 Å². The van der Waals surface area contributed by atoms with Crippen LogP contribution < -0.4 is 10.2 Å². The molecular formula is C26H23N5O2. The average Bonchev–Trinajstić information content (AvgIpc) is 3.40. The third-order valence-electron chi connectivity index (χ3n) is 5.79. The summed E-state index contributed by atoms with van der Waals surface area (Å²) in [6.07, 6.45) is 3.74. The highest BCUT2D eigenvalue weighted by Crippen LogP contribution is 2.27. The van der Waals surface area contributed by atoms with Crippen LogP contribution in [0.25, 0.3) is 11.4 Å². The Morgan fingerprint density at radius 3 is 2.67 bits per heavy atom. The first-order chi connectivity index (χ1) is 16.2. The fourth-order valence-corrected chi connectivity index (χ4v) is 4.12. The largest absolute Gasteiger partial charge is 0.322 e. The number of fused-ring (bicyclic) bond motifs is 1. The molecule has 0 bridgehead atoms. The summed E-state index contributed by atoms with van der Waals surface area (Å²) in [5.74, 6) is 0.475. The second kappa shape index (κ2) is 9.08. The second-order valence-corrected chi connectivity index (χ2v) is 8.02. The zero-order valence-corrected chi connectivity index (χ0v) is 18.0. The number of amides is 2. The van der Waals surface area contributed by atoms with E-state index in [1.54, 1.807) is 18.2 Å². The van der Waals surface area contributed by atoms with Crippen molar-refractivity contribution in [2.75, 3.05) is 16.8 Å². The maximum Gasteiger partial charge on any atom is 0.255 e. The van der Waals surface area contributed by atoms with Crippen LogP contribution >= 0.6 is 0 Å². The van der Waals surface area contributed by atoms with Gasteiger partial charge in [-0.25, -0.2) is 4.98 Å². The zero-order valence-electron chi connectivity index (χ0n) is 18.0.